The zero-order valence-corrected chi connectivity index (χ0v) is 19.3. The van der Waals surface area contributed by atoms with Gasteiger partial charge in [0.25, 0.3) is 5.91 Å². The summed E-state index contributed by atoms with van der Waals surface area (Å²) >= 11 is 0. The van der Waals surface area contributed by atoms with Gasteiger partial charge in [-0.25, -0.2) is 4.79 Å². The van der Waals surface area contributed by atoms with Crippen LogP contribution in [0.5, 0.6) is 11.5 Å². The van der Waals surface area contributed by atoms with Gasteiger partial charge in [-0.05, 0) is 49.2 Å². The molecular weight excluding hydrogens is 456 g/mol. The van der Waals surface area contributed by atoms with E-state index in [1.807, 2.05) is 0 Å². The van der Waals surface area contributed by atoms with Gasteiger partial charge in [0.1, 0.15) is 0 Å². The second-order valence-corrected chi connectivity index (χ2v) is 7.75. The van der Waals surface area contributed by atoms with Crippen LogP contribution in [0.25, 0.3) is 0 Å². The number of anilines is 2. The highest BCUT2D eigenvalue weighted by molar-refractivity contribution is 5.97. The number of carbonyl (C=O) groups is 4. The molecule has 2 atom stereocenters. The highest BCUT2D eigenvalue weighted by Gasteiger charge is 2.33. The summed E-state index contributed by atoms with van der Waals surface area (Å²) in [5.41, 5.74) is 1.05. The maximum atomic E-state index is 12.5. The van der Waals surface area contributed by atoms with Crippen LogP contribution < -0.4 is 20.1 Å². The van der Waals surface area contributed by atoms with E-state index in [1.54, 1.807) is 30.4 Å². The second-order valence-electron chi connectivity index (χ2n) is 7.75. The van der Waals surface area contributed by atoms with Crippen molar-refractivity contribution in [2.24, 2.45) is 11.8 Å². The van der Waals surface area contributed by atoms with E-state index in [9.17, 15) is 24.3 Å². The average Bonchev–Trinajstić information content (AvgIpc) is 2.87. The third-order valence-electron chi connectivity index (χ3n) is 5.48. The van der Waals surface area contributed by atoms with Crippen molar-refractivity contribution in [3.8, 4) is 11.5 Å². The lowest BCUT2D eigenvalue weighted by atomic mass is 9.82. The van der Waals surface area contributed by atoms with E-state index in [0.717, 1.165) is 0 Å². The Morgan fingerprint density at radius 2 is 1.49 bits per heavy atom. The van der Waals surface area contributed by atoms with Crippen LogP contribution in [-0.2, 0) is 19.1 Å². The quantitative estimate of drug-likeness (QED) is 0.366. The molecule has 0 unspecified atom stereocenters. The Labute approximate surface area is 201 Å². The van der Waals surface area contributed by atoms with Gasteiger partial charge < -0.3 is 30.0 Å². The molecule has 0 aromatic heterocycles. The van der Waals surface area contributed by atoms with Crippen LogP contribution in [0.15, 0.2) is 54.6 Å². The highest BCUT2D eigenvalue weighted by atomic mass is 16.5. The van der Waals surface area contributed by atoms with Crippen molar-refractivity contribution in [2.75, 3.05) is 31.5 Å². The smallest absolute Gasteiger partial charge is 0.338 e. The van der Waals surface area contributed by atoms with Gasteiger partial charge >= 0.3 is 11.9 Å². The molecule has 0 fully saturated rings. The lowest BCUT2D eigenvalue weighted by Gasteiger charge is -2.24. The molecular formula is C25H26N2O8. The van der Waals surface area contributed by atoms with Crippen LogP contribution in [0.3, 0.4) is 0 Å². The third kappa shape index (κ3) is 6.59. The molecule has 0 heterocycles. The first-order chi connectivity index (χ1) is 16.8. The van der Waals surface area contributed by atoms with Crippen LogP contribution in [0, 0.1) is 11.8 Å². The number of rotatable bonds is 9. The van der Waals surface area contributed by atoms with Crippen molar-refractivity contribution in [1.82, 2.24) is 0 Å². The summed E-state index contributed by atoms with van der Waals surface area (Å²) < 4.78 is 15.4. The molecule has 1 aliphatic carbocycles. The number of carboxylic acids is 1. The van der Waals surface area contributed by atoms with Crippen molar-refractivity contribution < 1.29 is 38.5 Å². The number of nitrogens with one attached hydrogen (secondary N) is 2. The van der Waals surface area contributed by atoms with Crippen molar-refractivity contribution in [2.45, 2.75) is 12.8 Å². The summed E-state index contributed by atoms with van der Waals surface area (Å²) in [5, 5.41) is 14.6. The molecule has 2 aromatic carbocycles. The van der Waals surface area contributed by atoms with Gasteiger partial charge in [0, 0.05) is 17.4 Å². The van der Waals surface area contributed by atoms with E-state index in [0.29, 0.717) is 35.7 Å². The van der Waals surface area contributed by atoms with Crippen LogP contribution in [0.4, 0.5) is 11.4 Å². The van der Waals surface area contributed by atoms with Crippen LogP contribution >= 0.6 is 0 Å². The number of aliphatic carboxylic acids is 1. The Bertz CT molecular complexity index is 1130. The summed E-state index contributed by atoms with van der Waals surface area (Å²) in [5.74, 6) is -3.17. The van der Waals surface area contributed by atoms with E-state index in [1.165, 1.54) is 38.5 Å². The first-order valence-electron chi connectivity index (χ1n) is 10.8. The molecule has 0 saturated heterocycles. The Hall–Kier alpha value is -4.34. The molecule has 35 heavy (non-hydrogen) atoms. The lowest BCUT2D eigenvalue weighted by Crippen LogP contribution is -2.34. The number of hydrogen-bond acceptors (Lipinski definition) is 7. The molecule has 0 saturated carbocycles. The number of esters is 1. The van der Waals surface area contributed by atoms with Crippen molar-refractivity contribution in [3.63, 3.8) is 0 Å². The molecule has 0 radical (unpaired) electrons. The van der Waals surface area contributed by atoms with E-state index in [2.05, 4.69) is 10.6 Å². The largest absolute Gasteiger partial charge is 0.493 e. The minimum Gasteiger partial charge on any atom is -0.493 e. The van der Waals surface area contributed by atoms with Gasteiger partial charge in [0.05, 0.1) is 31.6 Å². The van der Waals surface area contributed by atoms with Crippen LogP contribution in [0.1, 0.15) is 23.2 Å². The first-order valence-corrected chi connectivity index (χ1v) is 10.8. The van der Waals surface area contributed by atoms with Gasteiger partial charge in [0.2, 0.25) is 5.91 Å². The Kier molecular flexibility index (Phi) is 8.44. The summed E-state index contributed by atoms with van der Waals surface area (Å²) in [6.45, 7) is -0.503. The monoisotopic (exact) mass is 482 g/mol. The number of carboxylic acid groups (broad SMARTS) is 1. The van der Waals surface area contributed by atoms with Crippen molar-refractivity contribution in [3.05, 3.63) is 60.2 Å². The molecule has 1 aliphatic rings. The Morgan fingerprint density at radius 3 is 2.11 bits per heavy atom. The molecule has 0 spiro atoms. The molecule has 3 rings (SSSR count). The number of carbonyl (C=O) groups excluding carboxylic acids is 3. The van der Waals surface area contributed by atoms with Gasteiger partial charge in [-0.2, -0.15) is 0 Å². The van der Waals surface area contributed by atoms with E-state index in [-0.39, 0.29) is 5.56 Å². The van der Waals surface area contributed by atoms with E-state index >= 15 is 0 Å². The Balaban J connectivity index is 1.51. The summed E-state index contributed by atoms with van der Waals surface area (Å²) in [4.78, 5) is 48.4. The summed E-state index contributed by atoms with van der Waals surface area (Å²) in [6.07, 6.45) is 4.21. The number of amides is 2. The van der Waals surface area contributed by atoms with Gasteiger partial charge in [-0.1, -0.05) is 12.2 Å². The number of ether oxygens (including phenoxy) is 3. The summed E-state index contributed by atoms with van der Waals surface area (Å²) in [7, 11) is 2.97. The molecule has 2 amide bonds. The normalized spacial score (nSPS) is 16.6. The molecule has 184 valence electrons. The average molecular weight is 482 g/mol. The fraction of sp³-hybridized carbons (Fsp3) is 0.280. The SMILES string of the molecule is COc1ccc(NC(=O)COC(=O)c2ccc(NC(=O)[C@@H]3CC=CC[C@H]3C(=O)O)cc2)cc1OC. The number of allylic oxidation sites excluding steroid dienone is 2. The minimum atomic E-state index is -1.01. The zero-order chi connectivity index (χ0) is 25.4. The molecule has 10 nitrogen and oxygen atoms in total. The zero-order valence-electron chi connectivity index (χ0n) is 19.3. The standard InChI is InChI=1S/C25H26N2O8/c1-33-20-12-11-17(13-21(20)34-2)26-22(28)14-35-25(32)15-7-9-16(10-8-15)27-23(29)18-5-3-4-6-19(18)24(30)31/h3-4,7-13,18-19H,5-6,14H2,1-2H3,(H,26,28)(H,27,29)(H,30,31)/t18-,19-/m1/s1. The predicted octanol–water partition coefficient (Wildman–Crippen LogP) is 3.10. The predicted molar refractivity (Wildman–Crippen MR) is 127 cm³/mol. The van der Waals surface area contributed by atoms with Crippen molar-refractivity contribution >= 4 is 35.1 Å². The van der Waals surface area contributed by atoms with Crippen LogP contribution in [-0.4, -0.2) is 49.7 Å². The van der Waals surface area contributed by atoms with Gasteiger partial charge in [0.15, 0.2) is 18.1 Å². The summed E-state index contributed by atoms with van der Waals surface area (Å²) in [6, 6.07) is 10.7. The van der Waals surface area contributed by atoms with Gasteiger partial charge in [-0.15, -0.1) is 0 Å². The fourth-order valence-corrected chi connectivity index (χ4v) is 3.63. The van der Waals surface area contributed by atoms with E-state index in [4.69, 9.17) is 14.2 Å². The maximum Gasteiger partial charge on any atom is 0.338 e. The molecule has 0 aliphatic heterocycles. The number of hydrogen-bond donors (Lipinski definition) is 3. The highest BCUT2D eigenvalue weighted by Crippen LogP contribution is 2.30. The number of benzene rings is 2. The minimum absolute atomic E-state index is 0.186. The third-order valence-corrected chi connectivity index (χ3v) is 5.48. The molecule has 10 heteroatoms. The molecule has 3 N–H and O–H groups in total. The maximum absolute atomic E-state index is 12.5. The van der Waals surface area contributed by atoms with Crippen LogP contribution in [0.2, 0.25) is 0 Å². The topological polar surface area (TPSA) is 140 Å². The van der Waals surface area contributed by atoms with Gasteiger partial charge in [-0.3, -0.25) is 14.4 Å². The second kappa shape index (κ2) is 11.7. The van der Waals surface area contributed by atoms with E-state index < -0.39 is 42.2 Å². The van der Waals surface area contributed by atoms with Crippen molar-refractivity contribution in [1.29, 1.82) is 0 Å². The Morgan fingerprint density at radius 1 is 0.857 bits per heavy atom. The molecule has 2 aromatic rings. The fourth-order valence-electron chi connectivity index (χ4n) is 3.63. The number of methoxy groups -OCH3 is 2. The molecule has 0 bridgehead atoms. The first kappa shape index (κ1) is 25.3. The lowest BCUT2D eigenvalue weighted by molar-refractivity contribution is -0.146.